The first-order valence-electron chi connectivity index (χ1n) is 6.86. The Morgan fingerprint density at radius 3 is 2.58 bits per heavy atom. The zero-order chi connectivity index (χ0) is 13.9. The third-order valence-electron chi connectivity index (χ3n) is 5.28. The quantitative estimate of drug-likeness (QED) is 0.390. The molecule has 2 saturated carbocycles. The molecule has 7 atom stereocenters. The first-order chi connectivity index (χ1) is 8.91. The lowest BCUT2D eigenvalue weighted by atomic mass is 9.79. The van der Waals surface area contributed by atoms with Gasteiger partial charge in [0.2, 0.25) is 0 Å². The summed E-state index contributed by atoms with van der Waals surface area (Å²) in [6.45, 7) is 9.79. The van der Waals surface area contributed by atoms with Gasteiger partial charge in [-0.25, -0.2) is 4.79 Å². The van der Waals surface area contributed by atoms with Crippen LogP contribution in [0, 0.1) is 23.7 Å². The zero-order valence-electron chi connectivity index (χ0n) is 11.1. The molecule has 2 N–H and O–H groups in total. The third-order valence-corrected chi connectivity index (χ3v) is 5.28. The summed E-state index contributed by atoms with van der Waals surface area (Å²) in [5.74, 6) is -0.413. The van der Waals surface area contributed by atoms with Crippen molar-refractivity contribution in [3.8, 4) is 0 Å². The standard InChI is InChI=1S/C15H20O4/c1-6-9-4-12(17)8(3)13(9)14-10(5-11(6)16)7(2)15(18)19-14/h8-14,16-17H,1-2,4-5H2,3H3. The van der Waals surface area contributed by atoms with Crippen molar-refractivity contribution in [3.05, 3.63) is 24.3 Å². The molecule has 0 aromatic heterocycles. The number of rotatable bonds is 0. The Morgan fingerprint density at radius 1 is 1.21 bits per heavy atom. The van der Waals surface area contributed by atoms with E-state index in [-0.39, 0.29) is 35.7 Å². The smallest absolute Gasteiger partial charge is 0.334 e. The molecule has 4 nitrogen and oxygen atoms in total. The molecule has 0 aromatic carbocycles. The van der Waals surface area contributed by atoms with Crippen LogP contribution in [0.25, 0.3) is 0 Å². The number of hydrogen-bond donors (Lipinski definition) is 2. The van der Waals surface area contributed by atoms with Gasteiger partial charge in [0.05, 0.1) is 12.2 Å². The molecular weight excluding hydrogens is 244 g/mol. The molecule has 1 saturated heterocycles. The maximum Gasteiger partial charge on any atom is 0.334 e. The third kappa shape index (κ3) is 1.70. The number of ether oxygens (including phenoxy) is 1. The SMILES string of the molecule is C=C1C(=O)OC2C1CC(O)C(=C)C1CC(O)C(C)C12. The van der Waals surface area contributed by atoms with Gasteiger partial charge in [-0.1, -0.05) is 20.1 Å². The van der Waals surface area contributed by atoms with Crippen LogP contribution in [0.3, 0.4) is 0 Å². The first kappa shape index (κ1) is 12.9. The van der Waals surface area contributed by atoms with Crippen molar-refractivity contribution in [2.45, 2.75) is 38.1 Å². The fourth-order valence-electron chi connectivity index (χ4n) is 4.07. The molecule has 0 bridgehead atoms. The van der Waals surface area contributed by atoms with Gasteiger partial charge in [0, 0.05) is 17.4 Å². The van der Waals surface area contributed by atoms with E-state index in [0.717, 1.165) is 5.57 Å². The lowest BCUT2D eigenvalue weighted by Crippen LogP contribution is -2.32. The van der Waals surface area contributed by atoms with Crippen LogP contribution in [0.4, 0.5) is 0 Å². The molecule has 1 heterocycles. The molecule has 104 valence electrons. The van der Waals surface area contributed by atoms with Crippen molar-refractivity contribution in [1.82, 2.24) is 0 Å². The summed E-state index contributed by atoms with van der Waals surface area (Å²) in [5, 5.41) is 20.3. The number of carbonyl (C=O) groups excluding carboxylic acids is 1. The van der Waals surface area contributed by atoms with Gasteiger partial charge in [-0.2, -0.15) is 0 Å². The van der Waals surface area contributed by atoms with E-state index in [4.69, 9.17) is 4.74 Å². The van der Waals surface area contributed by atoms with E-state index >= 15 is 0 Å². The maximum absolute atomic E-state index is 11.7. The Bertz CT molecular complexity index is 455. The number of carbonyl (C=O) groups is 1. The van der Waals surface area contributed by atoms with Crippen molar-refractivity contribution < 1.29 is 19.7 Å². The Balaban J connectivity index is 2.02. The predicted molar refractivity (Wildman–Crippen MR) is 69.0 cm³/mol. The van der Waals surface area contributed by atoms with Gasteiger partial charge in [-0.05, 0) is 30.3 Å². The summed E-state index contributed by atoms with van der Waals surface area (Å²) in [7, 11) is 0. The fraction of sp³-hybridized carbons (Fsp3) is 0.667. The molecular formula is C15H20O4. The molecule has 0 amide bonds. The minimum Gasteiger partial charge on any atom is -0.458 e. The molecule has 0 aromatic rings. The van der Waals surface area contributed by atoms with Gasteiger partial charge in [-0.15, -0.1) is 0 Å². The molecule has 3 rings (SSSR count). The lowest BCUT2D eigenvalue weighted by molar-refractivity contribution is -0.142. The van der Waals surface area contributed by atoms with Gasteiger partial charge < -0.3 is 14.9 Å². The van der Waals surface area contributed by atoms with Crippen LogP contribution in [-0.4, -0.2) is 34.5 Å². The van der Waals surface area contributed by atoms with E-state index in [1.807, 2.05) is 6.92 Å². The second-order valence-electron chi connectivity index (χ2n) is 6.17. The summed E-state index contributed by atoms with van der Waals surface area (Å²) < 4.78 is 5.49. The zero-order valence-corrected chi connectivity index (χ0v) is 11.1. The Morgan fingerprint density at radius 2 is 1.89 bits per heavy atom. The van der Waals surface area contributed by atoms with Crippen molar-refractivity contribution in [3.63, 3.8) is 0 Å². The molecule has 7 unspecified atom stereocenters. The number of esters is 1. The van der Waals surface area contributed by atoms with Crippen molar-refractivity contribution in [2.24, 2.45) is 23.7 Å². The topological polar surface area (TPSA) is 66.8 Å². The number of aliphatic hydroxyl groups is 2. The first-order valence-corrected chi connectivity index (χ1v) is 6.86. The van der Waals surface area contributed by atoms with E-state index in [9.17, 15) is 15.0 Å². The highest BCUT2D eigenvalue weighted by Gasteiger charge is 2.55. The fourth-order valence-corrected chi connectivity index (χ4v) is 4.07. The van der Waals surface area contributed by atoms with Gasteiger partial charge >= 0.3 is 5.97 Å². The molecule has 0 radical (unpaired) electrons. The lowest BCUT2D eigenvalue weighted by Gasteiger charge is -2.28. The van der Waals surface area contributed by atoms with Gasteiger partial charge in [0.15, 0.2) is 0 Å². The van der Waals surface area contributed by atoms with Gasteiger partial charge in [0.1, 0.15) is 6.10 Å². The van der Waals surface area contributed by atoms with Crippen LogP contribution in [0.1, 0.15) is 19.8 Å². The Kier molecular flexibility index (Phi) is 2.84. The largest absolute Gasteiger partial charge is 0.458 e. The highest BCUT2D eigenvalue weighted by atomic mass is 16.6. The highest BCUT2D eigenvalue weighted by molar-refractivity contribution is 5.90. The summed E-state index contributed by atoms with van der Waals surface area (Å²) in [5.41, 5.74) is 1.22. The molecule has 4 heteroatoms. The molecule has 3 fully saturated rings. The highest BCUT2D eigenvalue weighted by Crippen LogP contribution is 2.52. The number of hydrogen-bond acceptors (Lipinski definition) is 4. The predicted octanol–water partition coefficient (Wildman–Crippen LogP) is 1.04. The van der Waals surface area contributed by atoms with Crippen LogP contribution in [0.2, 0.25) is 0 Å². The summed E-state index contributed by atoms with van der Waals surface area (Å²) in [6.07, 6.45) is -0.304. The second kappa shape index (κ2) is 4.18. The summed E-state index contributed by atoms with van der Waals surface area (Å²) in [4.78, 5) is 11.7. The number of fused-ring (bicyclic) bond motifs is 3. The maximum atomic E-state index is 11.7. The van der Waals surface area contributed by atoms with Gasteiger partial charge in [0.25, 0.3) is 0 Å². The van der Waals surface area contributed by atoms with E-state index in [0.29, 0.717) is 18.4 Å². The average molecular weight is 264 g/mol. The second-order valence-corrected chi connectivity index (χ2v) is 6.17. The molecule has 2 aliphatic carbocycles. The Hall–Kier alpha value is -1.13. The summed E-state index contributed by atoms with van der Waals surface area (Å²) >= 11 is 0. The number of aliphatic hydroxyl groups excluding tert-OH is 2. The van der Waals surface area contributed by atoms with E-state index in [1.165, 1.54) is 0 Å². The molecule has 0 spiro atoms. The normalized spacial score (nSPS) is 49.6. The van der Waals surface area contributed by atoms with Crippen LogP contribution in [0.15, 0.2) is 24.3 Å². The van der Waals surface area contributed by atoms with Crippen molar-refractivity contribution in [2.75, 3.05) is 0 Å². The van der Waals surface area contributed by atoms with Crippen LogP contribution < -0.4 is 0 Å². The molecule has 3 aliphatic rings. The van der Waals surface area contributed by atoms with Crippen molar-refractivity contribution >= 4 is 5.97 Å². The summed E-state index contributed by atoms with van der Waals surface area (Å²) in [6, 6.07) is 0. The Labute approximate surface area is 112 Å². The monoisotopic (exact) mass is 264 g/mol. The minimum atomic E-state index is -0.647. The van der Waals surface area contributed by atoms with E-state index in [1.54, 1.807) is 0 Å². The molecule has 1 aliphatic heterocycles. The van der Waals surface area contributed by atoms with Crippen LogP contribution in [-0.2, 0) is 9.53 Å². The van der Waals surface area contributed by atoms with Crippen molar-refractivity contribution in [1.29, 1.82) is 0 Å². The molecule has 19 heavy (non-hydrogen) atoms. The van der Waals surface area contributed by atoms with Crippen LogP contribution >= 0.6 is 0 Å². The average Bonchev–Trinajstić information content (AvgIpc) is 2.77. The van der Waals surface area contributed by atoms with Gasteiger partial charge in [-0.3, -0.25) is 0 Å². The van der Waals surface area contributed by atoms with E-state index in [2.05, 4.69) is 13.2 Å². The van der Waals surface area contributed by atoms with Crippen LogP contribution in [0.5, 0.6) is 0 Å². The minimum absolute atomic E-state index is 0.0219. The van der Waals surface area contributed by atoms with E-state index < -0.39 is 12.2 Å².